The fourth-order valence-corrected chi connectivity index (χ4v) is 2.11. The molecule has 4 heteroatoms. The average molecular weight is 257 g/mol. The summed E-state index contributed by atoms with van der Waals surface area (Å²) in [5, 5.41) is 7.21. The minimum Gasteiger partial charge on any atom is -0.324 e. The standard InChI is InChI=1S/C15H19N3O/c1-10-5-6-14(11(2)7-10)16-15(19)9-18-13(4)8-12(3)17-18/h5-8H,9H2,1-4H3,(H,16,19). The normalized spacial score (nSPS) is 10.5. The van der Waals surface area contributed by atoms with Crippen LogP contribution in [0.25, 0.3) is 0 Å². The molecule has 4 nitrogen and oxygen atoms in total. The number of nitrogens with zero attached hydrogens (tertiary/aromatic N) is 2. The molecular weight excluding hydrogens is 238 g/mol. The molecule has 0 radical (unpaired) electrons. The summed E-state index contributed by atoms with van der Waals surface area (Å²) < 4.78 is 1.72. The Hall–Kier alpha value is -2.10. The Labute approximate surface area is 113 Å². The van der Waals surface area contributed by atoms with Crippen molar-refractivity contribution in [3.8, 4) is 0 Å². The molecule has 1 aromatic heterocycles. The van der Waals surface area contributed by atoms with Gasteiger partial charge in [0.25, 0.3) is 0 Å². The van der Waals surface area contributed by atoms with Gasteiger partial charge in [-0.2, -0.15) is 5.10 Å². The maximum Gasteiger partial charge on any atom is 0.246 e. The van der Waals surface area contributed by atoms with Gasteiger partial charge in [-0.3, -0.25) is 9.48 Å². The third-order valence-electron chi connectivity index (χ3n) is 3.05. The van der Waals surface area contributed by atoms with Crippen LogP contribution in [0.1, 0.15) is 22.5 Å². The molecule has 0 unspecified atom stereocenters. The first-order valence-electron chi connectivity index (χ1n) is 6.34. The lowest BCUT2D eigenvalue weighted by molar-refractivity contribution is -0.116. The first-order chi connectivity index (χ1) is 8.95. The van der Waals surface area contributed by atoms with E-state index in [0.29, 0.717) is 0 Å². The predicted octanol–water partition coefficient (Wildman–Crippen LogP) is 2.76. The van der Waals surface area contributed by atoms with Crippen molar-refractivity contribution in [1.29, 1.82) is 0 Å². The Morgan fingerprint density at radius 2 is 1.95 bits per heavy atom. The van der Waals surface area contributed by atoms with Gasteiger partial charge in [0.15, 0.2) is 0 Å². The molecule has 1 aromatic carbocycles. The molecule has 2 rings (SSSR count). The zero-order valence-corrected chi connectivity index (χ0v) is 11.8. The van der Waals surface area contributed by atoms with E-state index < -0.39 is 0 Å². The molecule has 1 heterocycles. The number of nitrogens with one attached hydrogen (secondary N) is 1. The molecule has 0 bridgehead atoms. The number of hydrogen-bond donors (Lipinski definition) is 1. The molecule has 0 aliphatic rings. The summed E-state index contributed by atoms with van der Waals surface area (Å²) in [6.07, 6.45) is 0. The van der Waals surface area contributed by atoms with Gasteiger partial charge in [-0.1, -0.05) is 17.7 Å². The third kappa shape index (κ3) is 3.22. The second kappa shape index (κ2) is 5.26. The molecule has 1 N–H and O–H groups in total. The summed E-state index contributed by atoms with van der Waals surface area (Å²) in [5.41, 5.74) is 5.04. The van der Waals surface area contributed by atoms with Crippen LogP contribution >= 0.6 is 0 Å². The van der Waals surface area contributed by atoms with E-state index in [-0.39, 0.29) is 12.5 Å². The van der Waals surface area contributed by atoms with Crippen LogP contribution in [0.2, 0.25) is 0 Å². The second-order valence-corrected chi connectivity index (χ2v) is 4.95. The van der Waals surface area contributed by atoms with Gasteiger partial charge in [-0.15, -0.1) is 0 Å². The molecule has 100 valence electrons. The van der Waals surface area contributed by atoms with Crippen molar-refractivity contribution in [3.05, 3.63) is 46.8 Å². The monoisotopic (exact) mass is 257 g/mol. The van der Waals surface area contributed by atoms with Gasteiger partial charge in [0, 0.05) is 11.4 Å². The smallest absolute Gasteiger partial charge is 0.246 e. The van der Waals surface area contributed by atoms with Crippen molar-refractivity contribution in [2.45, 2.75) is 34.2 Å². The molecular formula is C15H19N3O. The lowest BCUT2D eigenvalue weighted by atomic mass is 10.1. The number of hydrogen-bond acceptors (Lipinski definition) is 2. The van der Waals surface area contributed by atoms with E-state index in [0.717, 1.165) is 22.6 Å². The average Bonchev–Trinajstić information content (AvgIpc) is 2.61. The lowest BCUT2D eigenvalue weighted by Crippen LogP contribution is -2.20. The summed E-state index contributed by atoms with van der Waals surface area (Å²) in [6, 6.07) is 7.94. The molecule has 0 aliphatic heterocycles. The Bertz CT molecular complexity index is 614. The molecule has 0 saturated carbocycles. The minimum atomic E-state index is -0.0573. The number of carbonyl (C=O) groups is 1. The molecule has 0 saturated heterocycles. The molecule has 0 aliphatic carbocycles. The topological polar surface area (TPSA) is 46.9 Å². The predicted molar refractivity (Wildman–Crippen MR) is 76.2 cm³/mol. The highest BCUT2D eigenvalue weighted by molar-refractivity contribution is 5.91. The van der Waals surface area contributed by atoms with Crippen LogP contribution in [0.3, 0.4) is 0 Å². The van der Waals surface area contributed by atoms with Crippen molar-refractivity contribution >= 4 is 11.6 Å². The number of rotatable bonds is 3. The van der Waals surface area contributed by atoms with Gasteiger partial charge < -0.3 is 5.32 Å². The molecule has 0 spiro atoms. The zero-order valence-electron chi connectivity index (χ0n) is 11.8. The fraction of sp³-hybridized carbons (Fsp3) is 0.333. The zero-order chi connectivity index (χ0) is 14.0. The van der Waals surface area contributed by atoms with E-state index in [1.165, 1.54) is 5.56 Å². The number of aromatic nitrogens is 2. The number of carbonyl (C=O) groups excluding carboxylic acids is 1. The van der Waals surface area contributed by atoms with Crippen molar-refractivity contribution in [1.82, 2.24) is 9.78 Å². The van der Waals surface area contributed by atoms with Crippen LogP contribution in [0.4, 0.5) is 5.69 Å². The maximum atomic E-state index is 12.0. The van der Waals surface area contributed by atoms with Crippen LogP contribution in [0, 0.1) is 27.7 Å². The fourth-order valence-electron chi connectivity index (χ4n) is 2.11. The molecule has 2 aromatic rings. The van der Waals surface area contributed by atoms with Gasteiger partial charge in [0.05, 0.1) is 5.69 Å². The summed E-state index contributed by atoms with van der Waals surface area (Å²) in [7, 11) is 0. The highest BCUT2D eigenvalue weighted by Crippen LogP contribution is 2.16. The Morgan fingerprint density at radius 1 is 1.21 bits per heavy atom. The van der Waals surface area contributed by atoms with Gasteiger partial charge in [-0.25, -0.2) is 0 Å². The van der Waals surface area contributed by atoms with Crippen LogP contribution < -0.4 is 5.32 Å². The number of aryl methyl sites for hydroxylation is 4. The van der Waals surface area contributed by atoms with Crippen molar-refractivity contribution in [2.75, 3.05) is 5.32 Å². The quantitative estimate of drug-likeness (QED) is 0.919. The number of benzene rings is 1. The maximum absolute atomic E-state index is 12.0. The number of amides is 1. The van der Waals surface area contributed by atoms with Crippen LogP contribution in [-0.4, -0.2) is 15.7 Å². The van der Waals surface area contributed by atoms with E-state index in [9.17, 15) is 4.79 Å². The van der Waals surface area contributed by atoms with E-state index in [4.69, 9.17) is 0 Å². The highest BCUT2D eigenvalue weighted by Gasteiger charge is 2.08. The Morgan fingerprint density at radius 3 is 2.53 bits per heavy atom. The van der Waals surface area contributed by atoms with Crippen LogP contribution in [0.15, 0.2) is 24.3 Å². The van der Waals surface area contributed by atoms with Crippen molar-refractivity contribution < 1.29 is 4.79 Å². The molecule has 0 atom stereocenters. The molecule has 1 amide bonds. The summed E-state index contributed by atoms with van der Waals surface area (Å²) in [6.45, 7) is 8.14. The van der Waals surface area contributed by atoms with Gasteiger partial charge in [0.2, 0.25) is 5.91 Å². The van der Waals surface area contributed by atoms with E-state index in [2.05, 4.69) is 16.5 Å². The minimum absolute atomic E-state index is 0.0573. The lowest BCUT2D eigenvalue weighted by Gasteiger charge is -2.10. The second-order valence-electron chi connectivity index (χ2n) is 4.95. The first-order valence-corrected chi connectivity index (χ1v) is 6.34. The summed E-state index contributed by atoms with van der Waals surface area (Å²) in [5.74, 6) is -0.0573. The van der Waals surface area contributed by atoms with Crippen LogP contribution in [-0.2, 0) is 11.3 Å². The van der Waals surface area contributed by atoms with Gasteiger partial charge >= 0.3 is 0 Å². The molecule has 19 heavy (non-hydrogen) atoms. The first kappa shape index (κ1) is 13.3. The SMILES string of the molecule is Cc1ccc(NC(=O)Cn2nc(C)cc2C)c(C)c1. The third-order valence-corrected chi connectivity index (χ3v) is 3.05. The van der Waals surface area contributed by atoms with Crippen molar-refractivity contribution in [2.24, 2.45) is 0 Å². The van der Waals surface area contributed by atoms with Crippen LogP contribution in [0.5, 0.6) is 0 Å². The summed E-state index contributed by atoms with van der Waals surface area (Å²) >= 11 is 0. The van der Waals surface area contributed by atoms with E-state index in [1.54, 1.807) is 4.68 Å². The van der Waals surface area contributed by atoms with Gasteiger partial charge in [-0.05, 0) is 45.4 Å². The Balaban J connectivity index is 2.07. The van der Waals surface area contributed by atoms with E-state index in [1.807, 2.05) is 45.9 Å². The van der Waals surface area contributed by atoms with E-state index >= 15 is 0 Å². The molecule has 0 fully saturated rings. The highest BCUT2D eigenvalue weighted by atomic mass is 16.2. The number of anilines is 1. The Kier molecular flexibility index (Phi) is 3.69. The summed E-state index contributed by atoms with van der Waals surface area (Å²) in [4.78, 5) is 12.0. The van der Waals surface area contributed by atoms with Gasteiger partial charge in [0.1, 0.15) is 6.54 Å². The largest absolute Gasteiger partial charge is 0.324 e. The van der Waals surface area contributed by atoms with Crippen molar-refractivity contribution in [3.63, 3.8) is 0 Å².